The molecule has 2 heterocycles. The molecule has 0 aliphatic carbocycles. The van der Waals surface area contributed by atoms with E-state index >= 15 is 0 Å². The van der Waals surface area contributed by atoms with Gasteiger partial charge in [-0.1, -0.05) is 36.4 Å². The largest absolute Gasteiger partial charge is 0.462 e. The van der Waals surface area contributed by atoms with E-state index in [0.29, 0.717) is 17.0 Å². The fourth-order valence-corrected chi connectivity index (χ4v) is 3.50. The summed E-state index contributed by atoms with van der Waals surface area (Å²) in [7, 11) is 0. The van der Waals surface area contributed by atoms with Gasteiger partial charge in [0.1, 0.15) is 5.57 Å². The number of hydrogen-bond acceptors (Lipinski definition) is 4. The van der Waals surface area contributed by atoms with Crippen LogP contribution in [0, 0.1) is 6.92 Å². The molecule has 0 saturated carbocycles. The number of amides is 1. The van der Waals surface area contributed by atoms with Crippen molar-refractivity contribution in [3.8, 4) is 5.75 Å². The Morgan fingerprint density at radius 1 is 1.23 bits per heavy atom. The van der Waals surface area contributed by atoms with Crippen molar-refractivity contribution in [3.05, 3.63) is 71.1 Å². The van der Waals surface area contributed by atoms with Crippen LogP contribution >= 0.6 is 0 Å². The Labute approximate surface area is 151 Å². The van der Waals surface area contributed by atoms with Gasteiger partial charge in [-0.25, -0.2) is 9.69 Å². The van der Waals surface area contributed by atoms with E-state index in [4.69, 9.17) is 9.47 Å². The monoisotopic (exact) mass is 349 g/mol. The number of rotatable bonds is 3. The lowest BCUT2D eigenvalue weighted by molar-refractivity contribution is -0.139. The Morgan fingerprint density at radius 2 is 2.00 bits per heavy atom. The number of carbonyl (C=O) groups excluding carboxylic acids is 2. The third-order valence-corrected chi connectivity index (χ3v) is 4.67. The first-order chi connectivity index (χ1) is 12.6. The summed E-state index contributed by atoms with van der Waals surface area (Å²) < 4.78 is 11.3. The second-order valence-electron chi connectivity index (χ2n) is 6.41. The van der Waals surface area contributed by atoms with Crippen LogP contribution in [0.2, 0.25) is 0 Å². The zero-order chi connectivity index (χ0) is 18.3. The van der Waals surface area contributed by atoms with Gasteiger partial charge >= 0.3 is 5.97 Å². The molecule has 1 amide bonds. The Kier molecular flexibility index (Phi) is 3.99. The predicted molar refractivity (Wildman–Crippen MR) is 96.8 cm³/mol. The lowest BCUT2D eigenvalue weighted by Crippen LogP contribution is -2.38. The third-order valence-electron chi connectivity index (χ3n) is 4.67. The minimum absolute atomic E-state index is 0.0931. The highest BCUT2D eigenvalue weighted by Crippen LogP contribution is 2.47. The molecule has 4 rings (SSSR count). The lowest BCUT2D eigenvalue weighted by atomic mass is 9.85. The van der Waals surface area contributed by atoms with E-state index in [9.17, 15) is 9.59 Å². The number of aryl methyl sites for hydroxylation is 1. The highest BCUT2D eigenvalue weighted by Gasteiger charge is 2.44. The lowest BCUT2D eigenvalue weighted by Gasteiger charge is -2.30. The first-order valence-corrected chi connectivity index (χ1v) is 8.68. The van der Waals surface area contributed by atoms with E-state index in [1.165, 1.54) is 4.90 Å². The van der Waals surface area contributed by atoms with Crippen molar-refractivity contribution in [1.82, 2.24) is 0 Å². The zero-order valence-corrected chi connectivity index (χ0v) is 14.7. The van der Waals surface area contributed by atoms with E-state index in [1.807, 2.05) is 55.5 Å². The molecule has 0 spiro atoms. The number of hydrogen-bond donors (Lipinski definition) is 0. The first-order valence-electron chi connectivity index (χ1n) is 8.68. The maximum atomic E-state index is 12.9. The molecule has 0 unspecified atom stereocenters. The van der Waals surface area contributed by atoms with Crippen molar-refractivity contribution in [2.24, 2.45) is 0 Å². The van der Waals surface area contributed by atoms with Crippen LogP contribution in [-0.2, 0) is 14.3 Å². The van der Waals surface area contributed by atoms with Crippen molar-refractivity contribution in [3.63, 3.8) is 0 Å². The van der Waals surface area contributed by atoms with Crippen LogP contribution in [0.5, 0.6) is 5.75 Å². The number of nitrogens with zero attached hydrogens (tertiary/aromatic N) is 1. The SMILES string of the molecule is CCOC(=O)C1=C2Oc3cc(C)ccc3N2C(=O)C[C@@H]1c1ccccc1. The Balaban J connectivity index is 1.89. The van der Waals surface area contributed by atoms with Gasteiger partial charge in [0.25, 0.3) is 0 Å². The highest BCUT2D eigenvalue weighted by atomic mass is 16.5. The predicted octanol–water partition coefficient (Wildman–Crippen LogP) is 3.68. The van der Waals surface area contributed by atoms with E-state index < -0.39 is 5.97 Å². The first kappa shape index (κ1) is 16.4. The smallest absolute Gasteiger partial charge is 0.340 e. The molecule has 5 nitrogen and oxygen atoms in total. The summed E-state index contributed by atoms with van der Waals surface area (Å²) in [6.07, 6.45) is 0.193. The Hall–Kier alpha value is -3.08. The van der Waals surface area contributed by atoms with Crippen LogP contribution < -0.4 is 9.64 Å². The van der Waals surface area contributed by atoms with Gasteiger partial charge in [0, 0.05) is 12.3 Å². The summed E-state index contributed by atoms with van der Waals surface area (Å²) in [5.41, 5.74) is 2.98. The van der Waals surface area contributed by atoms with Crippen molar-refractivity contribution >= 4 is 17.6 Å². The summed E-state index contributed by atoms with van der Waals surface area (Å²) in [5, 5.41) is 0. The molecule has 132 valence electrons. The van der Waals surface area contributed by atoms with Crippen molar-refractivity contribution in [2.45, 2.75) is 26.2 Å². The molecule has 2 aromatic carbocycles. The fraction of sp³-hybridized carbons (Fsp3) is 0.238. The molecule has 0 fully saturated rings. The van der Waals surface area contributed by atoms with Crippen molar-refractivity contribution in [2.75, 3.05) is 11.5 Å². The van der Waals surface area contributed by atoms with Crippen LogP contribution in [0.1, 0.15) is 30.4 Å². The minimum atomic E-state index is -0.446. The topological polar surface area (TPSA) is 55.8 Å². The number of ether oxygens (including phenoxy) is 2. The third kappa shape index (κ3) is 2.56. The second-order valence-corrected chi connectivity index (χ2v) is 6.41. The number of benzene rings is 2. The van der Waals surface area contributed by atoms with Crippen molar-refractivity contribution < 1.29 is 19.1 Å². The molecule has 1 atom stereocenters. The van der Waals surface area contributed by atoms with Gasteiger partial charge in [-0.15, -0.1) is 0 Å². The maximum absolute atomic E-state index is 12.9. The Morgan fingerprint density at radius 3 is 2.73 bits per heavy atom. The number of fused-ring (bicyclic) bond motifs is 3. The van der Waals surface area contributed by atoms with Crippen LogP contribution in [0.25, 0.3) is 0 Å². The number of esters is 1. The van der Waals surface area contributed by atoms with E-state index in [0.717, 1.165) is 11.1 Å². The van der Waals surface area contributed by atoms with Gasteiger partial charge in [-0.3, -0.25) is 4.79 Å². The van der Waals surface area contributed by atoms with Crippen LogP contribution in [0.3, 0.4) is 0 Å². The molecule has 2 aromatic rings. The van der Waals surface area contributed by atoms with Gasteiger partial charge in [-0.2, -0.15) is 0 Å². The average molecular weight is 349 g/mol. The number of carbonyl (C=O) groups is 2. The van der Waals surface area contributed by atoms with Gasteiger partial charge in [-0.05, 0) is 37.1 Å². The summed E-state index contributed by atoms with van der Waals surface area (Å²) >= 11 is 0. The molecule has 0 saturated heterocycles. The zero-order valence-electron chi connectivity index (χ0n) is 14.7. The van der Waals surface area contributed by atoms with Crippen LogP contribution in [0.15, 0.2) is 60.0 Å². The summed E-state index contributed by atoms with van der Waals surface area (Å²) in [6.45, 7) is 3.98. The van der Waals surface area contributed by atoms with Gasteiger partial charge in [0.2, 0.25) is 11.8 Å². The molecule has 5 heteroatoms. The maximum Gasteiger partial charge on any atom is 0.340 e. The minimum Gasteiger partial charge on any atom is -0.462 e. The molecule has 26 heavy (non-hydrogen) atoms. The molecular formula is C21H19NO4. The fourth-order valence-electron chi connectivity index (χ4n) is 3.50. The van der Waals surface area contributed by atoms with Gasteiger partial charge < -0.3 is 9.47 Å². The quantitative estimate of drug-likeness (QED) is 0.793. The Bertz CT molecular complexity index is 917. The van der Waals surface area contributed by atoms with Gasteiger partial charge in [0.05, 0.1) is 12.3 Å². The summed E-state index contributed by atoms with van der Waals surface area (Å²) in [5.74, 6) is -0.0645. The van der Waals surface area contributed by atoms with E-state index in [-0.39, 0.29) is 30.7 Å². The molecular weight excluding hydrogens is 330 g/mol. The normalized spacial score (nSPS) is 18.3. The van der Waals surface area contributed by atoms with Crippen molar-refractivity contribution in [1.29, 1.82) is 0 Å². The molecule has 2 aliphatic rings. The second kappa shape index (κ2) is 6.33. The summed E-state index contributed by atoms with van der Waals surface area (Å²) in [6, 6.07) is 15.2. The number of anilines is 1. The standard InChI is InChI=1S/C21H19NO4/c1-3-25-21(24)19-15(14-7-5-4-6-8-14)12-18(23)22-16-10-9-13(2)11-17(16)26-20(19)22/h4-11,15H,3,12H2,1-2H3/t15-/m1/s1. The molecule has 0 aromatic heterocycles. The van der Waals surface area contributed by atoms with E-state index in [2.05, 4.69) is 0 Å². The average Bonchev–Trinajstić information content (AvgIpc) is 3.01. The van der Waals surface area contributed by atoms with Crippen LogP contribution in [-0.4, -0.2) is 18.5 Å². The molecule has 0 radical (unpaired) electrons. The van der Waals surface area contributed by atoms with Crippen LogP contribution in [0.4, 0.5) is 5.69 Å². The van der Waals surface area contributed by atoms with E-state index in [1.54, 1.807) is 6.92 Å². The summed E-state index contributed by atoms with van der Waals surface area (Å²) in [4.78, 5) is 27.1. The molecule has 2 aliphatic heterocycles. The molecule has 0 bridgehead atoms. The molecule has 0 N–H and O–H groups in total. The van der Waals surface area contributed by atoms with Gasteiger partial charge in [0.15, 0.2) is 5.75 Å². The highest BCUT2D eigenvalue weighted by molar-refractivity contribution is 6.06.